The predicted octanol–water partition coefficient (Wildman–Crippen LogP) is 5.88. The van der Waals surface area contributed by atoms with Gasteiger partial charge in [0.15, 0.2) is 11.5 Å². The Balaban J connectivity index is 1.45. The van der Waals surface area contributed by atoms with Crippen LogP contribution in [0, 0.1) is 12.8 Å². The fraction of sp³-hybridized carbons (Fsp3) is 0.429. The van der Waals surface area contributed by atoms with Crippen LogP contribution < -0.4 is 15.4 Å². The molecule has 210 valence electrons. The van der Waals surface area contributed by atoms with Crippen molar-refractivity contribution in [1.82, 2.24) is 24.3 Å². The van der Waals surface area contributed by atoms with Gasteiger partial charge in [-0.25, -0.2) is 18.7 Å². The molecule has 1 aromatic carbocycles. The first-order chi connectivity index (χ1) is 19.3. The molecule has 1 unspecified atom stereocenters. The number of rotatable bonds is 8. The number of anilines is 3. The number of hydrogen-bond donors (Lipinski definition) is 2. The molecular weight excluding hydrogens is 520 g/mol. The maximum atomic E-state index is 14.3. The average Bonchev–Trinajstić information content (AvgIpc) is 3.64. The minimum Gasteiger partial charge on any atom is -0.495 e. The third-order valence-electron chi connectivity index (χ3n) is 7.27. The lowest BCUT2D eigenvalue weighted by Gasteiger charge is -2.25. The molecule has 0 radical (unpaired) electrons. The summed E-state index contributed by atoms with van der Waals surface area (Å²) in [5.41, 5.74) is 4.19. The highest BCUT2D eigenvalue weighted by Gasteiger charge is 2.32. The van der Waals surface area contributed by atoms with E-state index in [2.05, 4.69) is 25.7 Å². The third-order valence-corrected chi connectivity index (χ3v) is 7.27. The molecule has 4 heterocycles. The van der Waals surface area contributed by atoms with Crippen molar-refractivity contribution < 1.29 is 23.0 Å². The maximum absolute atomic E-state index is 14.3. The summed E-state index contributed by atoms with van der Waals surface area (Å²) in [5, 5.41) is 10.7. The minimum atomic E-state index is -2.84. The van der Waals surface area contributed by atoms with E-state index >= 15 is 0 Å². The van der Waals surface area contributed by atoms with Gasteiger partial charge in [0.2, 0.25) is 5.91 Å². The molecule has 0 bridgehead atoms. The molecule has 6 rings (SSSR count). The van der Waals surface area contributed by atoms with E-state index in [4.69, 9.17) is 9.47 Å². The van der Waals surface area contributed by atoms with Crippen LogP contribution in [0.3, 0.4) is 0 Å². The van der Waals surface area contributed by atoms with E-state index in [0.29, 0.717) is 30.2 Å². The molecule has 12 heteroatoms. The molecule has 2 N–H and O–H groups in total. The van der Waals surface area contributed by atoms with Gasteiger partial charge in [-0.15, -0.1) is 0 Å². The Morgan fingerprint density at radius 2 is 1.98 bits per heavy atom. The lowest BCUT2D eigenvalue weighted by Crippen LogP contribution is -2.21. The van der Waals surface area contributed by atoms with Crippen molar-refractivity contribution in [2.24, 2.45) is 13.0 Å². The SMILES string of the molecule is COc1cc(-c2nn(C)cc2C)ccc1Nc1cc(NC(=O)C2CC2)nc2c1nc(C(F)F)n2C1CCCCO1. The van der Waals surface area contributed by atoms with Crippen molar-refractivity contribution in [1.29, 1.82) is 0 Å². The third kappa shape index (κ3) is 4.99. The van der Waals surface area contributed by atoms with Crippen LogP contribution in [0.5, 0.6) is 5.75 Å². The Labute approximate surface area is 229 Å². The molecule has 3 aromatic heterocycles. The number of amides is 1. The smallest absolute Gasteiger partial charge is 0.295 e. The lowest BCUT2D eigenvalue weighted by atomic mass is 10.1. The van der Waals surface area contributed by atoms with E-state index in [-0.39, 0.29) is 28.8 Å². The van der Waals surface area contributed by atoms with Gasteiger partial charge < -0.3 is 20.1 Å². The molecule has 1 aliphatic carbocycles. The zero-order valence-electron chi connectivity index (χ0n) is 22.6. The number of nitrogens with one attached hydrogen (secondary N) is 2. The van der Waals surface area contributed by atoms with Crippen LogP contribution in [0.25, 0.3) is 22.4 Å². The second-order valence-electron chi connectivity index (χ2n) is 10.3. The summed E-state index contributed by atoms with van der Waals surface area (Å²) >= 11 is 0. The number of ether oxygens (including phenoxy) is 2. The number of carbonyl (C=O) groups excluding carboxylic acids is 1. The normalized spacial score (nSPS) is 17.4. The minimum absolute atomic E-state index is 0.0557. The van der Waals surface area contributed by atoms with E-state index in [1.54, 1.807) is 17.9 Å². The highest BCUT2D eigenvalue weighted by atomic mass is 19.3. The molecular formula is C28H31F2N7O3. The number of hydrogen-bond acceptors (Lipinski definition) is 7. The van der Waals surface area contributed by atoms with Crippen LogP contribution >= 0.6 is 0 Å². The number of carbonyl (C=O) groups is 1. The van der Waals surface area contributed by atoms with Crippen LogP contribution in [-0.2, 0) is 16.6 Å². The summed E-state index contributed by atoms with van der Waals surface area (Å²) < 4.78 is 43.2. The standard InChI is InChI=1S/C28H31F2N7O3/c1-15-14-36(2)35-23(15)17-9-10-18(20(12-17)39-3)31-19-13-21(33-28(38)16-7-8-16)32-26-24(19)34-27(25(29)30)37(26)22-6-4-5-11-40-22/h9-10,12-14,16,22,25H,4-8,11H2,1-3H3,(H2,31,32,33,38). The fourth-order valence-electron chi connectivity index (χ4n) is 5.16. The fourth-order valence-corrected chi connectivity index (χ4v) is 5.16. The van der Waals surface area contributed by atoms with Crippen molar-refractivity contribution in [3.8, 4) is 17.0 Å². The number of imidazole rings is 1. The lowest BCUT2D eigenvalue weighted by molar-refractivity contribution is -0.117. The van der Waals surface area contributed by atoms with Crippen LogP contribution in [0.4, 0.5) is 26.0 Å². The number of benzene rings is 1. The van der Waals surface area contributed by atoms with Crippen molar-refractivity contribution in [2.75, 3.05) is 24.4 Å². The number of aryl methyl sites for hydroxylation is 2. The van der Waals surface area contributed by atoms with E-state index in [9.17, 15) is 13.6 Å². The zero-order chi connectivity index (χ0) is 28.0. The summed E-state index contributed by atoms with van der Waals surface area (Å²) in [6.07, 6.45) is 2.39. The number of fused-ring (bicyclic) bond motifs is 1. The number of alkyl halides is 2. The molecule has 1 saturated heterocycles. The Kier molecular flexibility index (Phi) is 6.87. The second kappa shape index (κ2) is 10.5. The number of nitrogens with zero attached hydrogens (tertiary/aromatic N) is 5. The van der Waals surface area contributed by atoms with E-state index in [1.165, 1.54) is 4.57 Å². The summed E-state index contributed by atoms with van der Waals surface area (Å²) in [4.78, 5) is 21.5. The number of pyridine rings is 1. The van der Waals surface area contributed by atoms with Crippen LogP contribution in [0.2, 0.25) is 0 Å². The molecule has 10 nitrogen and oxygen atoms in total. The maximum Gasteiger partial charge on any atom is 0.295 e. The first kappa shape index (κ1) is 26.2. The van der Waals surface area contributed by atoms with E-state index in [0.717, 1.165) is 42.5 Å². The Morgan fingerprint density at radius 1 is 1.15 bits per heavy atom. The molecule has 1 saturated carbocycles. The van der Waals surface area contributed by atoms with E-state index in [1.807, 2.05) is 38.4 Å². The highest BCUT2D eigenvalue weighted by molar-refractivity contribution is 5.97. The van der Waals surface area contributed by atoms with Crippen molar-refractivity contribution in [3.63, 3.8) is 0 Å². The van der Waals surface area contributed by atoms with Gasteiger partial charge in [0.25, 0.3) is 6.43 Å². The zero-order valence-corrected chi connectivity index (χ0v) is 22.6. The van der Waals surface area contributed by atoms with Crippen molar-refractivity contribution >= 4 is 34.3 Å². The van der Waals surface area contributed by atoms with Gasteiger partial charge in [0, 0.05) is 37.4 Å². The molecule has 2 aliphatic rings. The summed E-state index contributed by atoms with van der Waals surface area (Å²) in [7, 11) is 3.42. The predicted molar refractivity (Wildman–Crippen MR) is 146 cm³/mol. The largest absolute Gasteiger partial charge is 0.495 e. The molecule has 4 aromatic rings. The Morgan fingerprint density at radius 3 is 2.62 bits per heavy atom. The molecule has 2 fully saturated rings. The summed E-state index contributed by atoms with van der Waals surface area (Å²) in [6, 6.07) is 7.23. The molecule has 40 heavy (non-hydrogen) atoms. The first-order valence-electron chi connectivity index (χ1n) is 13.4. The van der Waals surface area contributed by atoms with Crippen LogP contribution in [0.15, 0.2) is 30.5 Å². The van der Waals surface area contributed by atoms with Gasteiger partial charge in [-0.2, -0.15) is 5.10 Å². The highest BCUT2D eigenvalue weighted by Crippen LogP contribution is 2.39. The quantitative estimate of drug-likeness (QED) is 0.282. The van der Waals surface area contributed by atoms with Gasteiger partial charge in [0.1, 0.15) is 23.3 Å². The summed E-state index contributed by atoms with van der Waals surface area (Å²) in [5.74, 6) is 0.167. The second-order valence-corrected chi connectivity index (χ2v) is 10.3. The molecule has 0 spiro atoms. The van der Waals surface area contributed by atoms with Crippen molar-refractivity contribution in [2.45, 2.75) is 51.7 Å². The van der Waals surface area contributed by atoms with E-state index < -0.39 is 18.5 Å². The van der Waals surface area contributed by atoms with Gasteiger partial charge >= 0.3 is 0 Å². The van der Waals surface area contributed by atoms with Crippen LogP contribution in [-0.4, -0.2) is 43.9 Å². The van der Waals surface area contributed by atoms with Crippen molar-refractivity contribution in [3.05, 3.63) is 41.9 Å². The van der Waals surface area contributed by atoms with Gasteiger partial charge in [-0.3, -0.25) is 14.0 Å². The number of aromatic nitrogens is 5. The van der Waals surface area contributed by atoms with Gasteiger partial charge in [-0.05, 0) is 56.7 Å². The molecule has 1 amide bonds. The Hall–Kier alpha value is -4.06. The van der Waals surface area contributed by atoms with Crippen LogP contribution in [0.1, 0.15) is 56.1 Å². The van der Waals surface area contributed by atoms with Gasteiger partial charge in [-0.1, -0.05) is 6.07 Å². The number of methoxy groups -OCH3 is 1. The molecule has 1 aliphatic heterocycles. The van der Waals surface area contributed by atoms with Gasteiger partial charge in [0.05, 0.1) is 24.2 Å². The topological polar surface area (TPSA) is 108 Å². The Bertz CT molecular complexity index is 1570. The summed E-state index contributed by atoms with van der Waals surface area (Å²) in [6.45, 7) is 2.45. The average molecular weight is 552 g/mol. The molecule has 1 atom stereocenters. The monoisotopic (exact) mass is 551 g/mol. The number of halogens is 2. The first-order valence-corrected chi connectivity index (χ1v) is 13.4.